The summed E-state index contributed by atoms with van der Waals surface area (Å²) in [5.41, 5.74) is 0. The van der Waals surface area contributed by atoms with E-state index in [1.165, 1.54) is 327 Å². The van der Waals surface area contributed by atoms with Crippen LogP contribution in [0.4, 0.5) is 0 Å². The zero-order valence-corrected chi connectivity index (χ0v) is 53.6. The average Bonchev–Trinajstić information content (AvgIpc) is 3.45. The number of esters is 1. The lowest BCUT2D eigenvalue weighted by Crippen LogP contribution is -2.45. The quantitative estimate of drug-likeness (QED) is 0.0320. The Hall–Kier alpha value is -1.66. The molecule has 0 aliphatic heterocycles. The van der Waals surface area contributed by atoms with Crippen molar-refractivity contribution in [3.8, 4) is 0 Å². The lowest BCUT2D eigenvalue weighted by molar-refractivity contribution is -0.143. The van der Waals surface area contributed by atoms with E-state index in [2.05, 4.69) is 43.5 Å². The Bertz CT molecular complexity index is 1230. The number of hydrogen-bond donors (Lipinski definition) is 3. The van der Waals surface area contributed by atoms with Crippen LogP contribution in [0.3, 0.4) is 0 Å². The third-order valence-corrected chi connectivity index (χ3v) is 17.0. The van der Waals surface area contributed by atoms with Crippen molar-refractivity contribution in [1.29, 1.82) is 0 Å². The second-order valence-corrected chi connectivity index (χ2v) is 24.9. The first-order chi connectivity index (χ1) is 39.0. The van der Waals surface area contributed by atoms with Crippen LogP contribution in [-0.2, 0) is 14.3 Å². The van der Waals surface area contributed by atoms with Crippen LogP contribution in [0.2, 0.25) is 0 Å². The fourth-order valence-corrected chi connectivity index (χ4v) is 11.5. The first-order valence-electron chi connectivity index (χ1n) is 36.1. The number of ether oxygens (including phenoxy) is 1. The van der Waals surface area contributed by atoms with E-state index in [1.54, 1.807) is 0 Å². The number of aliphatic hydroxyl groups is 2. The topological polar surface area (TPSA) is 95.9 Å². The van der Waals surface area contributed by atoms with Crippen molar-refractivity contribution in [3.63, 3.8) is 0 Å². The van der Waals surface area contributed by atoms with Crippen LogP contribution in [0, 0.1) is 0 Å². The smallest absolute Gasteiger partial charge is 0.305 e. The van der Waals surface area contributed by atoms with E-state index in [9.17, 15) is 19.8 Å². The molecule has 1 amide bonds. The number of allylic oxidation sites excluding steroid dienone is 4. The molecule has 0 saturated heterocycles. The molecule has 0 saturated carbocycles. The molecule has 6 nitrogen and oxygen atoms in total. The first kappa shape index (κ1) is 77.3. The molecular formula is C73H141NO5. The van der Waals surface area contributed by atoms with Gasteiger partial charge >= 0.3 is 5.97 Å². The molecular weight excluding hydrogens is 971 g/mol. The van der Waals surface area contributed by atoms with Crippen LogP contribution in [0.25, 0.3) is 0 Å². The molecule has 79 heavy (non-hydrogen) atoms. The molecule has 3 N–H and O–H groups in total. The van der Waals surface area contributed by atoms with Crippen molar-refractivity contribution in [1.82, 2.24) is 5.32 Å². The number of carbonyl (C=O) groups excluding carboxylic acids is 2. The highest BCUT2D eigenvalue weighted by Gasteiger charge is 2.20. The van der Waals surface area contributed by atoms with Crippen molar-refractivity contribution in [3.05, 3.63) is 24.3 Å². The highest BCUT2D eigenvalue weighted by atomic mass is 16.5. The van der Waals surface area contributed by atoms with Crippen molar-refractivity contribution >= 4 is 11.9 Å². The molecule has 0 fully saturated rings. The van der Waals surface area contributed by atoms with E-state index in [-0.39, 0.29) is 18.5 Å². The van der Waals surface area contributed by atoms with Gasteiger partial charge in [-0.15, -0.1) is 0 Å². The largest absolute Gasteiger partial charge is 0.466 e. The van der Waals surface area contributed by atoms with E-state index >= 15 is 0 Å². The molecule has 0 aromatic rings. The average molecular weight is 1110 g/mol. The van der Waals surface area contributed by atoms with Gasteiger partial charge in [-0.1, -0.05) is 340 Å². The van der Waals surface area contributed by atoms with Gasteiger partial charge in [0.2, 0.25) is 5.91 Å². The number of rotatable bonds is 68. The minimum atomic E-state index is -0.671. The Balaban J connectivity index is 3.42. The molecule has 6 heteroatoms. The summed E-state index contributed by atoms with van der Waals surface area (Å²) in [6.45, 7) is 4.98. The summed E-state index contributed by atoms with van der Waals surface area (Å²) in [5, 5.41) is 23.4. The van der Waals surface area contributed by atoms with E-state index in [4.69, 9.17) is 4.74 Å². The van der Waals surface area contributed by atoms with Crippen LogP contribution in [0.1, 0.15) is 406 Å². The summed E-state index contributed by atoms with van der Waals surface area (Å²) in [5.74, 6) is -0.0361. The maximum Gasteiger partial charge on any atom is 0.305 e. The predicted octanol–water partition coefficient (Wildman–Crippen LogP) is 23.3. The van der Waals surface area contributed by atoms with Crippen LogP contribution < -0.4 is 5.32 Å². The number of carbonyl (C=O) groups is 2. The number of nitrogens with one attached hydrogen (secondary N) is 1. The number of hydrogen-bond acceptors (Lipinski definition) is 5. The van der Waals surface area contributed by atoms with Gasteiger partial charge in [0, 0.05) is 12.8 Å². The third kappa shape index (κ3) is 65.4. The minimum absolute atomic E-state index is 0.00197. The molecule has 0 heterocycles. The standard InChI is InChI=1S/C73H141NO5/c1-3-5-7-9-11-13-15-17-19-21-22-23-24-25-26-28-31-34-37-41-45-49-53-57-61-65-71(76)70(69-75)74-72(77)66-62-58-54-50-46-42-38-35-32-29-27-30-33-36-40-44-48-52-56-60-64-68-79-73(78)67-63-59-55-51-47-43-39-20-18-16-14-12-10-8-6-4-2/h20,29,32,39,70-71,75-76H,3-19,21-28,30-31,33-38,40-69H2,1-2H3,(H,74,77)/b32-29-,39-20-. The van der Waals surface area contributed by atoms with Gasteiger partial charge in [-0.05, 0) is 77.0 Å². The summed E-state index contributed by atoms with van der Waals surface area (Å²) < 4.78 is 5.49. The number of amides is 1. The van der Waals surface area contributed by atoms with Crippen LogP contribution in [0.15, 0.2) is 24.3 Å². The molecule has 0 aromatic heterocycles. The molecule has 2 unspecified atom stereocenters. The number of unbranched alkanes of at least 4 members (excludes halogenated alkanes) is 53. The Kier molecular flexibility index (Phi) is 67.4. The monoisotopic (exact) mass is 1110 g/mol. The minimum Gasteiger partial charge on any atom is -0.466 e. The fraction of sp³-hybridized carbons (Fsp3) is 0.918. The maximum atomic E-state index is 12.6. The van der Waals surface area contributed by atoms with E-state index < -0.39 is 12.1 Å². The fourth-order valence-electron chi connectivity index (χ4n) is 11.5. The highest BCUT2D eigenvalue weighted by molar-refractivity contribution is 5.76. The predicted molar refractivity (Wildman–Crippen MR) is 347 cm³/mol. The summed E-state index contributed by atoms with van der Waals surface area (Å²) in [6, 6.07) is -0.549. The molecule has 0 aliphatic carbocycles. The van der Waals surface area contributed by atoms with Gasteiger partial charge in [0.25, 0.3) is 0 Å². The maximum absolute atomic E-state index is 12.6. The normalized spacial score (nSPS) is 12.6. The zero-order valence-electron chi connectivity index (χ0n) is 53.6. The summed E-state index contributed by atoms with van der Waals surface area (Å²) in [7, 11) is 0. The van der Waals surface area contributed by atoms with Gasteiger partial charge in [-0.3, -0.25) is 9.59 Å². The lowest BCUT2D eigenvalue weighted by atomic mass is 10.0. The van der Waals surface area contributed by atoms with Crippen LogP contribution in [-0.4, -0.2) is 47.4 Å². The van der Waals surface area contributed by atoms with Gasteiger partial charge in [0.1, 0.15) is 0 Å². The SMILES string of the molecule is CCCCCCCCC/C=C\CCCCCCCC(=O)OCCCCCCCCCCCC/C=C\CCCCCCCCCC(=O)NC(CO)C(O)CCCCCCCCCCCCCCCCCCCCCCCCCCC. The van der Waals surface area contributed by atoms with E-state index in [0.29, 0.717) is 25.9 Å². The molecule has 0 rings (SSSR count). The van der Waals surface area contributed by atoms with Gasteiger partial charge in [0.05, 0.1) is 25.4 Å². The Labute approximate surface area is 494 Å². The van der Waals surface area contributed by atoms with Gasteiger partial charge < -0.3 is 20.3 Å². The van der Waals surface area contributed by atoms with Gasteiger partial charge in [-0.2, -0.15) is 0 Å². The molecule has 0 aromatic carbocycles. The molecule has 0 aliphatic rings. The summed E-state index contributed by atoms with van der Waals surface area (Å²) in [4.78, 5) is 24.6. The summed E-state index contributed by atoms with van der Waals surface area (Å²) >= 11 is 0. The van der Waals surface area contributed by atoms with Crippen molar-refractivity contribution in [2.24, 2.45) is 0 Å². The second-order valence-electron chi connectivity index (χ2n) is 24.9. The molecule has 0 spiro atoms. The van der Waals surface area contributed by atoms with Crippen molar-refractivity contribution in [2.45, 2.75) is 418 Å². The Morgan fingerprint density at radius 3 is 0.899 bits per heavy atom. The number of aliphatic hydroxyl groups excluding tert-OH is 2. The Morgan fingerprint density at radius 1 is 0.342 bits per heavy atom. The molecule has 0 radical (unpaired) electrons. The van der Waals surface area contributed by atoms with Crippen molar-refractivity contribution < 1.29 is 24.5 Å². The molecule has 2 atom stereocenters. The van der Waals surface area contributed by atoms with Gasteiger partial charge in [-0.25, -0.2) is 0 Å². The highest BCUT2D eigenvalue weighted by Crippen LogP contribution is 2.19. The first-order valence-corrected chi connectivity index (χ1v) is 36.1. The Morgan fingerprint density at radius 2 is 0.595 bits per heavy atom. The second kappa shape index (κ2) is 68.8. The van der Waals surface area contributed by atoms with E-state index in [1.807, 2.05) is 0 Å². The lowest BCUT2D eigenvalue weighted by Gasteiger charge is -2.22. The molecule has 468 valence electrons. The third-order valence-electron chi connectivity index (χ3n) is 17.0. The van der Waals surface area contributed by atoms with Gasteiger partial charge in [0.15, 0.2) is 0 Å². The zero-order chi connectivity index (χ0) is 57.1. The van der Waals surface area contributed by atoms with Crippen molar-refractivity contribution in [2.75, 3.05) is 13.2 Å². The molecule has 0 bridgehead atoms. The van der Waals surface area contributed by atoms with Crippen LogP contribution in [0.5, 0.6) is 0 Å². The summed E-state index contributed by atoms with van der Waals surface area (Å²) in [6.07, 6.45) is 86.5. The van der Waals surface area contributed by atoms with Crippen LogP contribution >= 0.6 is 0 Å². The van der Waals surface area contributed by atoms with E-state index in [0.717, 1.165) is 44.9 Å².